The number of carbonyl (C=O) groups excluding carboxylic acids is 1. The third kappa shape index (κ3) is 4.69. The molecule has 3 nitrogen and oxygen atoms in total. The van der Waals surface area contributed by atoms with Crippen LogP contribution in [-0.2, 0) is 10.5 Å². The fourth-order valence-electron chi connectivity index (χ4n) is 2.25. The Bertz CT molecular complexity index is 455. The van der Waals surface area contributed by atoms with Gasteiger partial charge in [-0.25, -0.2) is 0 Å². The van der Waals surface area contributed by atoms with E-state index >= 15 is 0 Å². The largest absolute Gasteiger partial charge is 0.341 e. The summed E-state index contributed by atoms with van der Waals surface area (Å²) in [5, 5.41) is 0.781. The normalized spacial score (nSPS) is 17.0. The summed E-state index contributed by atoms with van der Waals surface area (Å²) in [6.45, 7) is 3.79. The van der Waals surface area contributed by atoms with Crippen LogP contribution in [0, 0.1) is 0 Å². The number of halogens is 1. The average molecular weight is 313 g/mol. The lowest BCUT2D eigenvalue weighted by Gasteiger charge is -2.20. The van der Waals surface area contributed by atoms with Crippen molar-refractivity contribution in [2.45, 2.75) is 12.2 Å². The van der Waals surface area contributed by atoms with E-state index < -0.39 is 0 Å². The maximum atomic E-state index is 12.2. The zero-order valence-electron chi connectivity index (χ0n) is 11.8. The summed E-state index contributed by atoms with van der Waals surface area (Å²) in [6.07, 6.45) is 1.07. The van der Waals surface area contributed by atoms with Gasteiger partial charge in [0.2, 0.25) is 5.91 Å². The second-order valence-corrected chi connectivity index (χ2v) is 6.51. The number of rotatable bonds is 4. The maximum Gasteiger partial charge on any atom is 0.232 e. The standard InChI is InChI=1S/C15H21ClN2OS/c1-17-7-4-8-18(10-9-17)15(19)12-20-11-13-5-2-3-6-14(13)16/h2-3,5-6H,4,7-12H2,1H3. The summed E-state index contributed by atoms with van der Waals surface area (Å²) >= 11 is 7.75. The number of carbonyl (C=O) groups is 1. The molecular formula is C15H21ClN2OS. The number of nitrogens with zero attached hydrogens (tertiary/aromatic N) is 2. The third-order valence-corrected chi connectivity index (χ3v) is 4.85. The van der Waals surface area contributed by atoms with Crippen molar-refractivity contribution >= 4 is 29.3 Å². The zero-order chi connectivity index (χ0) is 14.4. The van der Waals surface area contributed by atoms with E-state index in [1.165, 1.54) is 0 Å². The van der Waals surface area contributed by atoms with Gasteiger partial charge in [0.1, 0.15) is 0 Å². The van der Waals surface area contributed by atoms with Gasteiger partial charge >= 0.3 is 0 Å². The van der Waals surface area contributed by atoms with Crippen molar-refractivity contribution in [3.63, 3.8) is 0 Å². The number of amides is 1. The number of hydrogen-bond donors (Lipinski definition) is 0. The van der Waals surface area contributed by atoms with Crippen LogP contribution in [0.25, 0.3) is 0 Å². The van der Waals surface area contributed by atoms with Crippen molar-refractivity contribution in [3.8, 4) is 0 Å². The summed E-state index contributed by atoms with van der Waals surface area (Å²) < 4.78 is 0. The predicted molar refractivity (Wildman–Crippen MR) is 86.3 cm³/mol. The van der Waals surface area contributed by atoms with E-state index in [-0.39, 0.29) is 5.91 Å². The highest BCUT2D eigenvalue weighted by atomic mass is 35.5. The Morgan fingerprint density at radius 3 is 2.85 bits per heavy atom. The molecule has 1 heterocycles. The lowest BCUT2D eigenvalue weighted by Crippen LogP contribution is -2.35. The molecule has 1 fully saturated rings. The molecule has 0 aliphatic carbocycles. The Labute approximate surface area is 130 Å². The van der Waals surface area contributed by atoms with E-state index in [0.29, 0.717) is 5.75 Å². The molecule has 1 saturated heterocycles. The second-order valence-electron chi connectivity index (χ2n) is 5.12. The highest BCUT2D eigenvalue weighted by molar-refractivity contribution is 7.99. The summed E-state index contributed by atoms with van der Waals surface area (Å²) in [7, 11) is 2.11. The molecule has 1 aromatic carbocycles. The van der Waals surface area contributed by atoms with Gasteiger partial charge in [0.25, 0.3) is 0 Å². The van der Waals surface area contributed by atoms with Gasteiger partial charge in [0.15, 0.2) is 0 Å². The number of thioether (sulfide) groups is 1. The van der Waals surface area contributed by atoms with Gasteiger partial charge < -0.3 is 9.80 Å². The molecule has 5 heteroatoms. The molecule has 0 bridgehead atoms. The van der Waals surface area contributed by atoms with Gasteiger partial charge in [-0.15, -0.1) is 11.8 Å². The highest BCUT2D eigenvalue weighted by Gasteiger charge is 2.17. The molecule has 1 aromatic rings. The van der Waals surface area contributed by atoms with Gasteiger partial charge in [-0.1, -0.05) is 29.8 Å². The van der Waals surface area contributed by atoms with Crippen LogP contribution in [0.1, 0.15) is 12.0 Å². The van der Waals surface area contributed by atoms with Gasteiger partial charge in [0, 0.05) is 30.4 Å². The SMILES string of the molecule is CN1CCCN(C(=O)CSCc2ccccc2Cl)CC1. The quantitative estimate of drug-likeness (QED) is 0.854. The molecule has 0 unspecified atom stereocenters. The Morgan fingerprint density at radius 1 is 1.25 bits per heavy atom. The lowest BCUT2D eigenvalue weighted by atomic mass is 10.2. The molecule has 0 radical (unpaired) electrons. The molecule has 0 saturated carbocycles. The second kappa shape index (κ2) is 7.91. The van der Waals surface area contributed by atoms with Crippen LogP contribution < -0.4 is 0 Å². The molecule has 0 atom stereocenters. The Kier molecular flexibility index (Phi) is 6.20. The number of likely N-dealkylation sites (N-methyl/N-ethyl adjacent to an activating group) is 1. The van der Waals surface area contributed by atoms with Gasteiger partial charge in [0.05, 0.1) is 5.75 Å². The minimum Gasteiger partial charge on any atom is -0.341 e. The summed E-state index contributed by atoms with van der Waals surface area (Å²) in [4.78, 5) is 16.5. The first-order valence-corrected chi connectivity index (χ1v) is 8.47. The van der Waals surface area contributed by atoms with Crippen LogP contribution in [0.15, 0.2) is 24.3 Å². The maximum absolute atomic E-state index is 12.2. The number of benzene rings is 1. The van der Waals surface area contributed by atoms with E-state index in [0.717, 1.165) is 48.9 Å². The molecule has 1 amide bonds. The van der Waals surface area contributed by atoms with Crippen LogP contribution in [0.5, 0.6) is 0 Å². The van der Waals surface area contributed by atoms with Crippen molar-refractivity contribution in [2.75, 3.05) is 39.0 Å². The Hall–Kier alpha value is -0.710. The molecule has 0 spiro atoms. The fourth-order valence-corrected chi connectivity index (χ4v) is 3.46. The third-order valence-electron chi connectivity index (χ3n) is 3.51. The van der Waals surface area contributed by atoms with E-state index in [1.807, 2.05) is 29.2 Å². The molecule has 2 rings (SSSR count). The summed E-state index contributed by atoms with van der Waals surface area (Å²) in [5.41, 5.74) is 1.10. The van der Waals surface area contributed by atoms with Crippen molar-refractivity contribution < 1.29 is 4.79 Å². The smallest absolute Gasteiger partial charge is 0.232 e. The lowest BCUT2D eigenvalue weighted by molar-refractivity contribution is -0.128. The van der Waals surface area contributed by atoms with Crippen LogP contribution in [0.4, 0.5) is 0 Å². The summed E-state index contributed by atoms with van der Waals surface area (Å²) in [6, 6.07) is 7.81. The Balaban J connectivity index is 1.76. The van der Waals surface area contributed by atoms with E-state index in [9.17, 15) is 4.79 Å². The molecular weight excluding hydrogens is 292 g/mol. The first-order valence-electron chi connectivity index (χ1n) is 6.94. The Morgan fingerprint density at radius 2 is 2.05 bits per heavy atom. The molecule has 0 aromatic heterocycles. The fraction of sp³-hybridized carbons (Fsp3) is 0.533. The van der Waals surface area contributed by atoms with Crippen LogP contribution in [0.3, 0.4) is 0 Å². The zero-order valence-corrected chi connectivity index (χ0v) is 13.4. The van der Waals surface area contributed by atoms with Crippen LogP contribution in [0.2, 0.25) is 5.02 Å². The molecule has 20 heavy (non-hydrogen) atoms. The van der Waals surface area contributed by atoms with Gasteiger partial charge in [-0.05, 0) is 31.6 Å². The van der Waals surface area contributed by atoms with E-state index in [4.69, 9.17) is 11.6 Å². The topological polar surface area (TPSA) is 23.6 Å². The minimum atomic E-state index is 0.248. The predicted octanol–water partition coefficient (Wildman–Crippen LogP) is 2.74. The van der Waals surface area contributed by atoms with E-state index in [2.05, 4.69) is 11.9 Å². The monoisotopic (exact) mass is 312 g/mol. The van der Waals surface area contributed by atoms with Gasteiger partial charge in [-0.3, -0.25) is 4.79 Å². The van der Waals surface area contributed by atoms with E-state index in [1.54, 1.807) is 11.8 Å². The summed E-state index contributed by atoms with van der Waals surface area (Å²) in [5.74, 6) is 1.58. The van der Waals surface area contributed by atoms with Crippen LogP contribution >= 0.6 is 23.4 Å². The molecule has 0 N–H and O–H groups in total. The van der Waals surface area contributed by atoms with Crippen LogP contribution in [-0.4, -0.2) is 54.7 Å². The first-order chi connectivity index (χ1) is 9.66. The van der Waals surface area contributed by atoms with Crippen molar-refractivity contribution in [1.29, 1.82) is 0 Å². The minimum absolute atomic E-state index is 0.248. The number of hydrogen-bond acceptors (Lipinski definition) is 3. The van der Waals surface area contributed by atoms with Crippen molar-refractivity contribution in [1.82, 2.24) is 9.80 Å². The molecule has 110 valence electrons. The van der Waals surface area contributed by atoms with Crippen molar-refractivity contribution in [2.24, 2.45) is 0 Å². The highest BCUT2D eigenvalue weighted by Crippen LogP contribution is 2.21. The van der Waals surface area contributed by atoms with Crippen molar-refractivity contribution in [3.05, 3.63) is 34.9 Å². The molecule has 1 aliphatic rings. The average Bonchev–Trinajstić information content (AvgIpc) is 2.66. The first kappa shape index (κ1) is 15.7. The van der Waals surface area contributed by atoms with Gasteiger partial charge in [-0.2, -0.15) is 0 Å². The molecule has 1 aliphatic heterocycles.